The standard InChI is InChI=1S/C22H20ClN3O3/c1-15(29-20-11-5-3-9-18(20)23)21(27)26-19-10-4-2-8-17(19)22(28)25-14-16-7-6-12-24-13-16/h2-13,15H,14H2,1H3,(H,25,28)(H,26,27)/t15-/m0/s1. The first kappa shape index (κ1) is 20.4. The van der Waals surface area contributed by atoms with Crippen LogP contribution < -0.4 is 15.4 Å². The molecule has 0 aliphatic carbocycles. The second-order valence-electron chi connectivity index (χ2n) is 6.27. The van der Waals surface area contributed by atoms with Gasteiger partial charge < -0.3 is 15.4 Å². The van der Waals surface area contributed by atoms with Gasteiger partial charge in [-0.1, -0.05) is 41.9 Å². The summed E-state index contributed by atoms with van der Waals surface area (Å²) in [6.07, 6.45) is 2.55. The maximum Gasteiger partial charge on any atom is 0.265 e. The molecule has 0 bridgehead atoms. The Balaban J connectivity index is 1.65. The first-order valence-electron chi connectivity index (χ1n) is 9.03. The summed E-state index contributed by atoms with van der Waals surface area (Å²) in [5, 5.41) is 5.99. The van der Waals surface area contributed by atoms with Crippen LogP contribution in [0.5, 0.6) is 5.75 Å². The van der Waals surface area contributed by atoms with E-state index in [0.717, 1.165) is 5.56 Å². The summed E-state index contributed by atoms with van der Waals surface area (Å²) in [5.41, 5.74) is 1.63. The fourth-order valence-electron chi connectivity index (χ4n) is 2.59. The van der Waals surface area contributed by atoms with Crippen LogP contribution in [0.1, 0.15) is 22.8 Å². The zero-order valence-electron chi connectivity index (χ0n) is 15.8. The van der Waals surface area contributed by atoms with E-state index in [1.165, 1.54) is 0 Å². The van der Waals surface area contributed by atoms with Crippen LogP contribution in [0, 0.1) is 0 Å². The smallest absolute Gasteiger partial charge is 0.265 e. The molecule has 2 N–H and O–H groups in total. The van der Waals surface area contributed by atoms with Crippen LogP contribution in [0.3, 0.4) is 0 Å². The summed E-state index contributed by atoms with van der Waals surface area (Å²) in [5.74, 6) is -0.277. The van der Waals surface area contributed by atoms with Gasteiger partial charge >= 0.3 is 0 Å². The molecule has 3 aromatic rings. The number of rotatable bonds is 7. The number of amides is 2. The van der Waals surface area contributed by atoms with Gasteiger partial charge in [0.15, 0.2) is 6.10 Å². The van der Waals surface area contributed by atoms with Gasteiger partial charge in [0.2, 0.25) is 0 Å². The lowest BCUT2D eigenvalue weighted by Gasteiger charge is -2.17. The molecule has 1 aromatic heterocycles. The lowest BCUT2D eigenvalue weighted by atomic mass is 10.1. The fourth-order valence-corrected chi connectivity index (χ4v) is 2.77. The van der Waals surface area contributed by atoms with Crippen LogP contribution in [-0.4, -0.2) is 22.9 Å². The minimum absolute atomic E-state index is 0.301. The molecule has 1 heterocycles. The van der Waals surface area contributed by atoms with E-state index < -0.39 is 12.0 Å². The summed E-state index contributed by atoms with van der Waals surface area (Å²) in [7, 11) is 0. The molecule has 0 saturated carbocycles. The molecule has 0 aliphatic heterocycles. The SMILES string of the molecule is C[C@H](Oc1ccccc1Cl)C(=O)Nc1ccccc1C(=O)NCc1cccnc1. The maximum absolute atomic E-state index is 12.6. The molecule has 0 unspecified atom stereocenters. The summed E-state index contributed by atoms with van der Waals surface area (Å²) in [4.78, 5) is 29.2. The van der Waals surface area contributed by atoms with Crippen molar-refractivity contribution in [1.82, 2.24) is 10.3 Å². The summed E-state index contributed by atoms with van der Waals surface area (Å²) in [6.45, 7) is 1.95. The number of para-hydroxylation sites is 2. The largest absolute Gasteiger partial charge is 0.479 e. The number of carbonyl (C=O) groups excluding carboxylic acids is 2. The van der Waals surface area contributed by atoms with Gasteiger partial charge in [0.1, 0.15) is 5.75 Å². The number of anilines is 1. The highest BCUT2D eigenvalue weighted by atomic mass is 35.5. The molecule has 2 aromatic carbocycles. The van der Waals surface area contributed by atoms with Crippen LogP contribution in [0.4, 0.5) is 5.69 Å². The molecule has 0 aliphatic rings. The Labute approximate surface area is 173 Å². The number of aromatic nitrogens is 1. The van der Waals surface area contributed by atoms with E-state index in [1.807, 2.05) is 6.07 Å². The number of hydrogen-bond acceptors (Lipinski definition) is 4. The minimum atomic E-state index is -0.804. The molecule has 148 valence electrons. The van der Waals surface area contributed by atoms with Gasteiger partial charge in [0.05, 0.1) is 16.3 Å². The van der Waals surface area contributed by atoms with Crippen molar-refractivity contribution in [3.05, 3.63) is 89.2 Å². The molecule has 29 heavy (non-hydrogen) atoms. The average molecular weight is 410 g/mol. The van der Waals surface area contributed by atoms with E-state index in [0.29, 0.717) is 28.6 Å². The van der Waals surface area contributed by atoms with Gasteiger partial charge in [-0.05, 0) is 42.8 Å². The van der Waals surface area contributed by atoms with Crippen molar-refractivity contribution in [1.29, 1.82) is 0 Å². The van der Waals surface area contributed by atoms with Crippen molar-refractivity contribution >= 4 is 29.1 Å². The number of ether oxygens (including phenoxy) is 1. The molecule has 1 atom stereocenters. The summed E-state index contributed by atoms with van der Waals surface area (Å²) >= 11 is 6.07. The number of carbonyl (C=O) groups is 2. The number of nitrogens with zero attached hydrogens (tertiary/aromatic N) is 1. The molecule has 2 amide bonds. The summed E-state index contributed by atoms with van der Waals surface area (Å²) in [6, 6.07) is 17.4. The molecule has 0 saturated heterocycles. The fraction of sp³-hybridized carbons (Fsp3) is 0.136. The molecule has 0 fully saturated rings. The zero-order valence-corrected chi connectivity index (χ0v) is 16.5. The van der Waals surface area contributed by atoms with Crippen LogP contribution >= 0.6 is 11.6 Å². The quantitative estimate of drug-likeness (QED) is 0.616. The Morgan fingerprint density at radius 2 is 1.83 bits per heavy atom. The molecular formula is C22H20ClN3O3. The average Bonchev–Trinajstić information content (AvgIpc) is 2.74. The van der Waals surface area contributed by atoms with Gasteiger partial charge in [0.25, 0.3) is 11.8 Å². The first-order chi connectivity index (χ1) is 14.0. The van der Waals surface area contributed by atoms with Crippen molar-refractivity contribution in [2.75, 3.05) is 5.32 Å². The number of pyridine rings is 1. The molecule has 0 radical (unpaired) electrons. The van der Waals surface area contributed by atoms with Crippen LogP contribution in [0.2, 0.25) is 5.02 Å². The van der Waals surface area contributed by atoms with E-state index in [1.54, 1.807) is 73.9 Å². The third kappa shape index (κ3) is 5.56. The number of hydrogen-bond donors (Lipinski definition) is 2. The lowest BCUT2D eigenvalue weighted by Crippen LogP contribution is -2.31. The highest BCUT2D eigenvalue weighted by molar-refractivity contribution is 6.32. The van der Waals surface area contributed by atoms with Crippen molar-refractivity contribution in [2.45, 2.75) is 19.6 Å². The van der Waals surface area contributed by atoms with Gasteiger partial charge in [0, 0.05) is 18.9 Å². The monoisotopic (exact) mass is 409 g/mol. The Hall–Kier alpha value is -3.38. The number of nitrogens with one attached hydrogen (secondary N) is 2. The van der Waals surface area contributed by atoms with Crippen LogP contribution in [0.25, 0.3) is 0 Å². The Morgan fingerprint density at radius 3 is 2.59 bits per heavy atom. The molecule has 7 heteroatoms. The summed E-state index contributed by atoms with van der Waals surface area (Å²) < 4.78 is 5.63. The van der Waals surface area contributed by atoms with Crippen LogP contribution in [-0.2, 0) is 11.3 Å². The van der Waals surface area contributed by atoms with Crippen molar-refractivity contribution < 1.29 is 14.3 Å². The Kier molecular flexibility index (Phi) is 6.81. The highest BCUT2D eigenvalue weighted by Crippen LogP contribution is 2.24. The second kappa shape index (κ2) is 9.71. The van der Waals surface area contributed by atoms with Gasteiger partial charge in [-0.25, -0.2) is 0 Å². The molecular weight excluding hydrogens is 390 g/mol. The topological polar surface area (TPSA) is 80.3 Å². The van der Waals surface area contributed by atoms with E-state index in [9.17, 15) is 9.59 Å². The first-order valence-corrected chi connectivity index (χ1v) is 9.40. The maximum atomic E-state index is 12.6. The molecule has 0 spiro atoms. The minimum Gasteiger partial charge on any atom is -0.479 e. The molecule has 6 nitrogen and oxygen atoms in total. The second-order valence-corrected chi connectivity index (χ2v) is 6.68. The normalized spacial score (nSPS) is 11.4. The predicted molar refractivity (Wildman–Crippen MR) is 112 cm³/mol. The van der Waals surface area contributed by atoms with Crippen LogP contribution in [0.15, 0.2) is 73.1 Å². The number of halogens is 1. The zero-order chi connectivity index (χ0) is 20.6. The number of benzene rings is 2. The van der Waals surface area contributed by atoms with Gasteiger partial charge in [-0.15, -0.1) is 0 Å². The highest BCUT2D eigenvalue weighted by Gasteiger charge is 2.19. The van der Waals surface area contributed by atoms with E-state index in [2.05, 4.69) is 15.6 Å². The van der Waals surface area contributed by atoms with Crippen molar-refractivity contribution in [2.24, 2.45) is 0 Å². The Bertz CT molecular complexity index is 995. The Morgan fingerprint density at radius 1 is 1.07 bits per heavy atom. The van der Waals surface area contributed by atoms with Gasteiger partial charge in [-0.2, -0.15) is 0 Å². The van der Waals surface area contributed by atoms with E-state index >= 15 is 0 Å². The van der Waals surface area contributed by atoms with Crippen molar-refractivity contribution in [3.63, 3.8) is 0 Å². The molecule has 3 rings (SSSR count). The van der Waals surface area contributed by atoms with E-state index in [-0.39, 0.29) is 5.91 Å². The van der Waals surface area contributed by atoms with Crippen molar-refractivity contribution in [3.8, 4) is 5.75 Å². The predicted octanol–water partition coefficient (Wildman–Crippen LogP) is 4.07. The third-order valence-corrected chi connectivity index (χ3v) is 4.43. The third-order valence-electron chi connectivity index (χ3n) is 4.12. The van der Waals surface area contributed by atoms with Gasteiger partial charge in [-0.3, -0.25) is 14.6 Å². The van der Waals surface area contributed by atoms with E-state index in [4.69, 9.17) is 16.3 Å². The lowest BCUT2D eigenvalue weighted by molar-refractivity contribution is -0.122.